The molecule has 2 aromatic carbocycles. The van der Waals surface area contributed by atoms with Gasteiger partial charge in [0.1, 0.15) is 0 Å². The molecule has 1 amide bonds. The number of nitrogens with one attached hydrogen (secondary N) is 1. The summed E-state index contributed by atoms with van der Waals surface area (Å²) in [5.41, 5.74) is 11.2. The van der Waals surface area contributed by atoms with Crippen molar-refractivity contribution in [3.05, 3.63) is 58.8 Å². The molecule has 0 aliphatic carbocycles. The fraction of sp³-hybridized carbons (Fsp3) is 0.385. The van der Waals surface area contributed by atoms with Crippen LogP contribution in [-0.4, -0.2) is 25.7 Å². The van der Waals surface area contributed by atoms with Crippen molar-refractivity contribution in [3.63, 3.8) is 0 Å². The Hall–Kier alpha value is -3.22. The number of anilines is 3. The van der Waals surface area contributed by atoms with Gasteiger partial charge in [-0.15, -0.1) is 0 Å². The van der Waals surface area contributed by atoms with E-state index in [0.717, 1.165) is 41.0 Å². The van der Waals surface area contributed by atoms with Gasteiger partial charge in [-0.3, -0.25) is 9.79 Å². The molecule has 0 saturated heterocycles. The summed E-state index contributed by atoms with van der Waals surface area (Å²) in [5.74, 6) is 0.412. The maximum atomic E-state index is 14.2. The predicted octanol–water partition coefficient (Wildman–Crippen LogP) is 5.79. The average molecular weight is 453 g/mol. The molecule has 0 spiro atoms. The third-order valence-corrected chi connectivity index (χ3v) is 6.60. The molecule has 0 saturated carbocycles. The van der Waals surface area contributed by atoms with E-state index in [2.05, 4.69) is 29.1 Å². The molecule has 7 heteroatoms. The van der Waals surface area contributed by atoms with Gasteiger partial charge >= 0.3 is 0 Å². The molecule has 0 fully saturated rings. The summed E-state index contributed by atoms with van der Waals surface area (Å²) in [4.78, 5) is 18.4. The van der Waals surface area contributed by atoms with Crippen molar-refractivity contribution in [1.29, 1.82) is 0 Å². The monoisotopic (exact) mass is 452 g/mol. The van der Waals surface area contributed by atoms with Crippen molar-refractivity contribution in [2.45, 2.75) is 45.5 Å². The van der Waals surface area contributed by atoms with Crippen LogP contribution < -0.4 is 16.0 Å². The molecule has 4 rings (SSSR count). The van der Waals surface area contributed by atoms with Gasteiger partial charge in [0, 0.05) is 60.6 Å². The summed E-state index contributed by atoms with van der Waals surface area (Å²) < 4.78 is 28.4. The van der Waals surface area contributed by atoms with E-state index in [1.165, 1.54) is 12.4 Å². The average Bonchev–Trinajstić information content (AvgIpc) is 2.93. The molecule has 0 aromatic heterocycles. The van der Waals surface area contributed by atoms with E-state index in [-0.39, 0.29) is 23.3 Å². The molecule has 33 heavy (non-hydrogen) atoms. The van der Waals surface area contributed by atoms with E-state index in [0.29, 0.717) is 24.1 Å². The van der Waals surface area contributed by atoms with Gasteiger partial charge in [0.15, 0.2) is 0 Å². The Balaban J connectivity index is 1.90. The van der Waals surface area contributed by atoms with Crippen LogP contribution in [0.1, 0.15) is 61.3 Å². The largest absolute Gasteiger partial charge is 0.404 e. The van der Waals surface area contributed by atoms with Gasteiger partial charge in [0.2, 0.25) is 5.91 Å². The maximum Gasteiger partial charge on any atom is 0.264 e. The van der Waals surface area contributed by atoms with Gasteiger partial charge in [-0.1, -0.05) is 19.9 Å². The number of carbonyl (C=O) groups is 1. The predicted molar refractivity (Wildman–Crippen MR) is 131 cm³/mol. The number of hydrogen-bond donors (Lipinski definition) is 2. The third kappa shape index (κ3) is 4.36. The number of amides is 1. The second kappa shape index (κ2) is 9.33. The van der Waals surface area contributed by atoms with E-state index in [4.69, 9.17) is 5.73 Å². The molecule has 2 heterocycles. The molecule has 2 aliphatic heterocycles. The number of nitrogens with zero attached hydrogens (tertiary/aromatic N) is 2. The second-order valence-corrected chi connectivity index (χ2v) is 9.01. The first kappa shape index (κ1) is 23.0. The van der Waals surface area contributed by atoms with Crippen LogP contribution >= 0.6 is 0 Å². The van der Waals surface area contributed by atoms with Crippen LogP contribution in [0.5, 0.6) is 0 Å². The Morgan fingerprint density at radius 3 is 2.73 bits per heavy atom. The van der Waals surface area contributed by atoms with Crippen molar-refractivity contribution in [2.24, 2.45) is 16.6 Å². The van der Waals surface area contributed by atoms with Gasteiger partial charge in [-0.25, -0.2) is 8.78 Å². The Morgan fingerprint density at radius 2 is 2.03 bits per heavy atom. The minimum absolute atomic E-state index is 0.00869. The Morgan fingerprint density at radius 1 is 1.24 bits per heavy atom. The van der Waals surface area contributed by atoms with Crippen molar-refractivity contribution >= 4 is 34.8 Å². The number of alkyl halides is 2. The van der Waals surface area contributed by atoms with Crippen LogP contribution in [0.3, 0.4) is 0 Å². The lowest BCUT2D eigenvalue weighted by molar-refractivity contribution is -0.116. The fourth-order valence-corrected chi connectivity index (χ4v) is 4.97. The van der Waals surface area contributed by atoms with Gasteiger partial charge in [-0.05, 0) is 65.6 Å². The lowest BCUT2D eigenvalue weighted by Crippen LogP contribution is -2.28. The summed E-state index contributed by atoms with van der Waals surface area (Å²) >= 11 is 0. The zero-order chi connectivity index (χ0) is 23.7. The minimum atomic E-state index is -2.66. The number of fused-ring (bicyclic) bond motifs is 2. The smallest absolute Gasteiger partial charge is 0.264 e. The maximum absolute atomic E-state index is 14.2. The molecule has 2 aliphatic rings. The van der Waals surface area contributed by atoms with E-state index in [1.807, 2.05) is 24.3 Å². The van der Waals surface area contributed by atoms with Crippen molar-refractivity contribution in [2.75, 3.05) is 23.8 Å². The number of rotatable bonds is 4. The fourth-order valence-electron chi connectivity index (χ4n) is 4.97. The lowest BCUT2D eigenvalue weighted by Gasteiger charge is -2.37. The molecular formula is C26H30F2N4O. The highest BCUT2D eigenvalue weighted by atomic mass is 19.3. The van der Waals surface area contributed by atoms with E-state index >= 15 is 0 Å². The second-order valence-electron chi connectivity index (χ2n) is 9.01. The van der Waals surface area contributed by atoms with Crippen LogP contribution in [0.25, 0.3) is 5.57 Å². The first-order chi connectivity index (χ1) is 15.8. The van der Waals surface area contributed by atoms with Gasteiger partial charge in [-0.2, -0.15) is 0 Å². The molecular weight excluding hydrogens is 422 g/mol. The zero-order valence-corrected chi connectivity index (χ0v) is 19.2. The minimum Gasteiger partial charge on any atom is -0.404 e. The van der Waals surface area contributed by atoms with E-state index < -0.39 is 6.43 Å². The van der Waals surface area contributed by atoms with Gasteiger partial charge < -0.3 is 16.0 Å². The van der Waals surface area contributed by atoms with Crippen LogP contribution in [-0.2, 0) is 11.2 Å². The summed E-state index contributed by atoms with van der Waals surface area (Å²) in [6, 6.07) is 9.31. The summed E-state index contributed by atoms with van der Waals surface area (Å²) in [6.07, 6.45) is 2.28. The molecule has 0 radical (unpaired) electrons. The lowest BCUT2D eigenvalue weighted by atomic mass is 9.86. The standard InChI is InChI=1S/C26H30F2N4O/c1-15-9-21-22(31-25(33)10-15)5-4-6-23(21)32-8-7-16(2)18-11-19(17(13-29)14-30-3)20(26(27)28)12-24(18)32/h4-6,11-16,26H,7-10,29H2,1-3H3,(H,31,33)/t15-,16+/m0/s1. The van der Waals surface area contributed by atoms with E-state index in [1.54, 1.807) is 13.1 Å². The SMILES string of the molecule is CN=CC(=CN)c1cc2c(cc1C(F)F)N(c1cccc3c1C[C@H](C)CC(=O)N3)CC[C@H]2C. The number of aliphatic imine (C=N–C) groups is 1. The highest BCUT2D eigenvalue weighted by molar-refractivity contribution is 6.10. The first-order valence-corrected chi connectivity index (χ1v) is 11.3. The van der Waals surface area contributed by atoms with Crippen molar-refractivity contribution < 1.29 is 13.6 Å². The summed E-state index contributed by atoms with van der Waals surface area (Å²) in [5, 5.41) is 3.02. The quantitative estimate of drug-likeness (QED) is 0.577. The third-order valence-electron chi connectivity index (χ3n) is 6.60. The number of nitrogens with two attached hydrogens (primary N) is 1. The Labute approximate surface area is 193 Å². The Kier molecular flexibility index (Phi) is 6.49. The number of halogens is 2. The number of benzene rings is 2. The molecule has 0 unspecified atom stereocenters. The number of allylic oxidation sites excluding steroid dienone is 1. The molecule has 174 valence electrons. The number of carbonyl (C=O) groups excluding carboxylic acids is 1. The highest BCUT2D eigenvalue weighted by Gasteiger charge is 2.30. The van der Waals surface area contributed by atoms with Crippen molar-refractivity contribution in [1.82, 2.24) is 0 Å². The number of hydrogen-bond acceptors (Lipinski definition) is 4. The highest BCUT2D eigenvalue weighted by Crippen LogP contribution is 2.46. The topological polar surface area (TPSA) is 70.7 Å². The Bertz CT molecular complexity index is 1130. The molecule has 3 N–H and O–H groups in total. The van der Waals surface area contributed by atoms with E-state index in [9.17, 15) is 13.6 Å². The van der Waals surface area contributed by atoms with Crippen LogP contribution in [0.2, 0.25) is 0 Å². The van der Waals surface area contributed by atoms with Crippen molar-refractivity contribution in [3.8, 4) is 0 Å². The van der Waals surface area contributed by atoms with Gasteiger partial charge in [0.25, 0.3) is 6.43 Å². The van der Waals surface area contributed by atoms with Gasteiger partial charge in [0.05, 0.1) is 0 Å². The first-order valence-electron chi connectivity index (χ1n) is 11.3. The van der Waals surface area contributed by atoms with Crippen LogP contribution in [0.4, 0.5) is 25.8 Å². The summed E-state index contributed by atoms with van der Waals surface area (Å²) in [6.45, 7) is 4.90. The zero-order valence-electron chi connectivity index (χ0n) is 19.2. The van der Waals surface area contributed by atoms with Crippen LogP contribution in [0, 0.1) is 5.92 Å². The van der Waals surface area contributed by atoms with Crippen LogP contribution in [0.15, 0.2) is 41.5 Å². The normalized spacial score (nSPS) is 21.1. The summed E-state index contributed by atoms with van der Waals surface area (Å²) in [7, 11) is 1.59. The molecule has 5 nitrogen and oxygen atoms in total. The molecule has 2 aromatic rings. The molecule has 2 atom stereocenters. The molecule has 0 bridgehead atoms.